The molecule has 1 atom stereocenters. The Balaban J connectivity index is 1.54. The lowest BCUT2D eigenvalue weighted by atomic mass is 10.1. The summed E-state index contributed by atoms with van der Waals surface area (Å²) in [4.78, 5) is 4.74. The molecule has 0 unspecified atom stereocenters. The zero-order valence-corrected chi connectivity index (χ0v) is 20.4. The number of anilines is 1. The molecule has 2 aromatic carbocycles. The van der Waals surface area contributed by atoms with E-state index in [4.69, 9.17) is 14.5 Å². The normalized spacial score (nSPS) is 14.6. The standard InChI is InChI=1S/C26H32N4O2S/c1-4-5-6-7-10-17-33-26-28-25-23(29-30-26)21-11-8-9-12-22(21)27-24(32-25)19-13-15-20(16-14-19)31-18(2)3/h8-9,11-16,18,24,27H,4-7,10,17H2,1-3H3/t24-/m1/s1. The molecular weight excluding hydrogens is 432 g/mol. The van der Waals surface area contributed by atoms with Crippen LogP contribution in [0.5, 0.6) is 11.6 Å². The summed E-state index contributed by atoms with van der Waals surface area (Å²) in [6, 6.07) is 16.0. The molecule has 33 heavy (non-hydrogen) atoms. The minimum atomic E-state index is -0.399. The summed E-state index contributed by atoms with van der Waals surface area (Å²) in [5.41, 5.74) is 3.52. The maximum Gasteiger partial charge on any atom is 0.247 e. The zero-order chi connectivity index (χ0) is 23.0. The first-order valence-electron chi connectivity index (χ1n) is 11.8. The number of para-hydroxylation sites is 1. The van der Waals surface area contributed by atoms with Gasteiger partial charge in [-0.15, -0.1) is 10.2 Å². The third-order valence-corrected chi connectivity index (χ3v) is 6.29. The van der Waals surface area contributed by atoms with Crippen LogP contribution < -0.4 is 14.8 Å². The second kappa shape index (κ2) is 11.4. The molecule has 4 rings (SSSR count). The Labute approximate surface area is 200 Å². The van der Waals surface area contributed by atoms with E-state index in [9.17, 15) is 0 Å². The lowest BCUT2D eigenvalue weighted by Gasteiger charge is -2.20. The lowest BCUT2D eigenvalue weighted by molar-refractivity contribution is 0.224. The number of ether oxygens (including phenoxy) is 2. The molecule has 1 N–H and O–H groups in total. The number of benzene rings is 2. The van der Waals surface area contributed by atoms with Gasteiger partial charge in [0.25, 0.3) is 0 Å². The summed E-state index contributed by atoms with van der Waals surface area (Å²) in [5.74, 6) is 2.33. The molecule has 0 fully saturated rings. The van der Waals surface area contributed by atoms with E-state index in [2.05, 4.69) is 22.4 Å². The molecule has 1 aliphatic heterocycles. The Hall–Kier alpha value is -2.80. The number of hydrogen-bond acceptors (Lipinski definition) is 7. The Kier molecular flexibility index (Phi) is 8.05. The van der Waals surface area contributed by atoms with Gasteiger partial charge in [-0.1, -0.05) is 62.6 Å². The van der Waals surface area contributed by atoms with Gasteiger partial charge in [0.15, 0.2) is 11.9 Å². The monoisotopic (exact) mass is 464 g/mol. The lowest BCUT2D eigenvalue weighted by Crippen LogP contribution is -2.17. The Bertz CT molecular complexity index is 1040. The molecule has 0 bridgehead atoms. The summed E-state index contributed by atoms with van der Waals surface area (Å²) in [5, 5.41) is 13.0. The van der Waals surface area contributed by atoms with Gasteiger partial charge in [0.2, 0.25) is 11.0 Å². The first-order chi connectivity index (χ1) is 16.1. The summed E-state index contributed by atoms with van der Waals surface area (Å²) >= 11 is 1.64. The molecule has 6 nitrogen and oxygen atoms in total. The molecule has 1 aliphatic rings. The smallest absolute Gasteiger partial charge is 0.247 e. The molecule has 0 spiro atoms. The number of rotatable bonds is 10. The van der Waals surface area contributed by atoms with Crippen molar-refractivity contribution in [1.29, 1.82) is 0 Å². The quantitative estimate of drug-likeness (QED) is 0.259. The van der Waals surface area contributed by atoms with Crippen molar-refractivity contribution in [3.05, 3.63) is 54.1 Å². The second-order valence-corrected chi connectivity index (χ2v) is 9.50. The van der Waals surface area contributed by atoms with Gasteiger partial charge in [0, 0.05) is 22.6 Å². The number of nitrogens with zero attached hydrogens (tertiary/aromatic N) is 3. The first kappa shape index (κ1) is 23.4. The molecule has 0 aliphatic carbocycles. The highest BCUT2D eigenvalue weighted by molar-refractivity contribution is 7.99. The Morgan fingerprint density at radius 1 is 1.00 bits per heavy atom. The van der Waals surface area contributed by atoms with Gasteiger partial charge in [-0.3, -0.25) is 0 Å². The van der Waals surface area contributed by atoms with Crippen molar-refractivity contribution < 1.29 is 9.47 Å². The molecule has 0 amide bonds. The third-order valence-electron chi connectivity index (χ3n) is 5.37. The van der Waals surface area contributed by atoms with Crippen LogP contribution >= 0.6 is 11.8 Å². The maximum atomic E-state index is 6.37. The highest BCUT2D eigenvalue weighted by Gasteiger charge is 2.26. The van der Waals surface area contributed by atoms with Crippen molar-refractivity contribution in [1.82, 2.24) is 15.2 Å². The molecular formula is C26H32N4O2S. The fourth-order valence-electron chi connectivity index (χ4n) is 3.72. The number of aromatic nitrogens is 3. The molecule has 3 aromatic rings. The number of hydrogen-bond donors (Lipinski definition) is 1. The van der Waals surface area contributed by atoms with Gasteiger partial charge in [0.05, 0.1) is 6.10 Å². The zero-order valence-electron chi connectivity index (χ0n) is 19.6. The third kappa shape index (κ3) is 6.16. The molecule has 1 aromatic heterocycles. The van der Waals surface area contributed by atoms with Gasteiger partial charge in [-0.05, 0) is 50.6 Å². The molecule has 7 heteroatoms. The fourth-order valence-corrected chi connectivity index (χ4v) is 4.50. The van der Waals surface area contributed by atoms with Crippen molar-refractivity contribution >= 4 is 17.4 Å². The van der Waals surface area contributed by atoms with Gasteiger partial charge < -0.3 is 14.8 Å². The van der Waals surface area contributed by atoms with Crippen LogP contribution in [0.25, 0.3) is 11.3 Å². The number of unbranched alkanes of at least 4 members (excludes halogenated alkanes) is 4. The van der Waals surface area contributed by atoms with E-state index in [0.29, 0.717) is 16.7 Å². The van der Waals surface area contributed by atoms with Crippen molar-refractivity contribution in [3.63, 3.8) is 0 Å². The average molecular weight is 465 g/mol. The molecule has 2 heterocycles. The van der Waals surface area contributed by atoms with Crippen molar-refractivity contribution in [2.45, 2.75) is 70.4 Å². The number of fused-ring (bicyclic) bond motifs is 3. The van der Waals surface area contributed by atoms with Gasteiger partial charge in [0.1, 0.15) is 5.75 Å². The predicted octanol–water partition coefficient (Wildman–Crippen LogP) is 6.89. The SMILES string of the molecule is CCCCCCCSc1nnc2c(n1)O[C@H](c1ccc(OC(C)C)cc1)Nc1ccccc1-2. The fraction of sp³-hybridized carbons (Fsp3) is 0.423. The van der Waals surface area contributed by atoms with Crippen LogP contribution in [0.3, 0.4) is 0 Å². The van der Waals surface area contributed by atoms with Gasteiger partial charge in [-0.2, -0.15) is 4.98 Å². The van der Waals surface area contributed by atoms with E-state index in [1.54, 1.807) is 11.8 Å². The van der Waals surface area contributed by atoms with Crippen LogP contribution in [0.15, 0.2) is 53.7 Å². The first-order valence-corrected chi connectivity index (χ1v) is 12.8. The largest absolute Gasteiger partial charge is 0.491 e. The van der Waals surface area contributed by atoms with Crippen molar-refractivity contribution in [2.75, 3.05) is 11.1 Å². The molecule has 0 saturated carbocycles. The van der Waals surface area contributed by atoms with E-state index in [1.807, 2.05) is 62.4 Å². The second-order valence-electron chi connectivity index (χ2n) is 8.43. The summed E-state index contributed by atoms with van der Waals surface area (Å²) in [6.07, 6.45) is 5.97. The Morgan fingerprint density at radius 3 is 2.58 bits per heavy atom. The number of nitrogens with one attached hydrogen (secondary N) is 1. The van der Waals surface area contributed by atoms with Crippen LogP contribution in [0, 0.1) is 0 Å². The van der Waals surface area contributed by atoms with Crippen LogP contribution in [0.2, 0.25) is 0 Å². The van der Waals surface area contributed by atoms with E-state index >= 15 is 0 Å². The molecule has 174 valence electrons. The van der Waals surface area contributed by atoms with E-state index in [0.717, 1.165) is 34.7 Å². The maximum absolute atomic E-state index is 6.37. The van der Waals surface area contributed by atoms with Crippen molar-refractivity contribution in [3.8, 4) is 22.9 Å². The minimum absolute atomic E-state index is 0.132. The van der Waals surface area contributed by atoms with E-state index in [-0.39, 0.29) is 6.10 Å². The predicted molar refractivity (Wildman–Crippen MR) is 134 cm³/mol. The van der Waals surface area contributed by atoms with Crippen LogP contribution in [0.1, 0.15) is 64.7 Å². The van der Waals surface area contributed by atoms with Gasteiger partial charge >= 0.3 is 0 Å². The minimum Gasteiger partial charge on any atom is -0.491 e. The van der Waals surface area contributed by atoms with Crippen LogP contribution in [-0.4, -0.2) is 27.0 Å². The van der Waals surface area contributed by atoms with Crippen molar-refractivity contribution in [2.24, 2.45) is 0 Å². The summed E-state index contributed by atoms with van der Waals surface area (Å²) in [6.45, 7) is 6.27. The average Bonchev–Trinajstić information content (AvgIpc) is 2.98. The van der Waals surface area contributed by atoms with Crippen LogP contribution in [0.4, 0.5) is 5.69 Å². The Morgan fingerprint density at radius 2 is 1.79 bits per heavy atom. The molecule has 0 saturated heterocycles. The van der Waals surface area contributed by atoms with Gasteiger partial charge in [-0.25, -0.2) is 0 Å². The number of thioether (sulfide) groups is 1. The topological polar surface area (TPSA) is 69.2 Å². The molecule has 0 radical (unpaired) electrons. The van der Waals surface area contributed by atoms with Crippen LogP contribution in [-0.2, 0) is 0 Å². The summed E-state index contributed by atoms with van der Waals surface area (Å²) in [7, 11) is 0. The summed E-state index contributed by atoms with van der Waals surface area (Å²) < 4.78 is 12.2. The highest BCUT2D eigenvalue weighted by Crippen LogP contribution is 2.39. The highest BCUT2D eigenvalue weighted by atomic mass is 32.2. The van der Waals surface area contributed by atoms with E-state index in [1.165, 1.54) is 25.7 Å². The van der Waals surface area contributed by atoms with E-state index < -0.39 is 6.23 Å².